The minimum atomic E-state index is -0.0580. The molecule has 1 fully saturated rings. The highest BCUT2D eigenvalue weighted by Crippen LogP contribution is 2.26. The van der Waals surface area contributed by atoms with Crippen molar-refractivity contribution in [2.45, 2.75) is 32.5 Å². The molecule has 1 aliphatic heterocycles. The van der Waals surface area contributed by atoms with Crippen LogP contribution in [-0.4, -0.2) is 39.5 Å². The van der Waals surface area contributed by atoms with Crippen molar-refractivity contribution >= 4 is 16.7 Å². The van der Waals surface area contributed by atoms with Crippen molar-refractivity contribution in [3.63, 3.8) is 0 Å². The predicted octanol–water partition coefficient (Wildman–Crippen LogP) is 0.445. The molecule has 0 spiro atoms. The summed E-state index contributed by atoms with van der Waals surface area (Å²) in [5.74, 6) is 0. The Labute approximate surface area is 128 Å². The van der Waals surface area contributed by atoms with Gasteiger partial charge in [0, 0.05) is 38.3 Å². The number of pyridine rings is 1. The van der Waals surface area contributed by atoms with E-state index in [1.165, 1.54) is 0 Å². The Morgan fingerprint density at radius 2 is 2.27 bits per heavy atom. The highest BCUT2D eigenvalue weighted by atomic mass is 16.1. The Kier molecular flexibility index (Phi) is 3.62. The third kappa shape index (κ3) is 2.35. The number of nitrogens with zero attached hydrogens (tertiary/aromatic N) is 5. The number of nitrogens with one attached hydrogen (secondary N) is 1. The van der Waals surface area contributed by atoms with Crippen molar-refractivity contribution in [1.82, 2.24) is 19.7 Å². The lowest BCUT2D eigenvalue weighted by molar-refractivity contribution is 0.425. The molecule has 0 radical (unpaired) electrons. The van der Waals surface area contributed by atoms with Crippen LogP contribution in [0.2, 0.25) is 0 Å². The summed E-state index contributed by atoms with van der Waals surface area (Å²) in [7, 11) is 1.73. The van der Waals surface area contributed by atoms with Gasteiger partial charge in [-0.2, -0.15) is 10.4 Å². The Morgan fingerprint density at radius 1 is 1.50 bits per heavy atom. The lowest BCUT2D eigenvalue weighted by atomic mass is 10.1. The van der Waals surface area contributed by atoms with Gasteiger partial charge in [-0.05, 0) is 13.8 Å². The van der Waals surface area contributed by atoms with Crippen molar-refractivity contribution in [2.75, 3.05) is 18.0 Å². The third-order valence-electron chi connectivity index (χ3n) is 4.24. The second kappa shape index (κ2) is 5.46. The van der Waals surface area contributed by atoms with Crippen molar-refractivity contribution in [3.8, 4) is 6.07 Å². The molecule has 3 rings (SSSR count). The first-order chi connectivity index (χ1) is 10.5. The maximum atomic E-state index is 12.3. The molecule has 7 nitrogen and oxygen atoms in total. The first kappa shape index (κ1) is 14.6. The Balaban J connectivity index is 2.18. The van der Waals surface area contributed by atoms with Crippen LogP contribution in [0.25, 0.3) is 11.0 Å². The van der Waals surface area contributed by atoms with Crippen LogP contribution in [0.3, 0.4) is 0 Å². The van der Waals surface area contributed by atoms with Crippen molar-refractivity contribution < 1.29 is 0 Å². The quantitative estimate of drug-likeness (QED) is 0.871. The van der Waals surface area contributed by atoms with Gasteiger partial charge in [-0.3, -0.25) is 9.48 Å². The van der Waals surface area contributed by atoms with Crippen LogP contribution in [0.4, 0.5) is 5.69 Å². The summed E-state index contributed by atoms with van der Waals surface area (Å²) in [5.41, 5.74) is 2.34. The van der Waals surface area contributed by atoms with Crippen molar-refractivity contribution in [2.24, 2.45) is 7.05 Å². The van der Waals surface area contributed by atoms with E-state index in [-0.39, 0.29) is 18.1 Å². The lowest BCUT2D eigenvalue weighted by Crippen LogP contribution is -2.54. The second-order valence-corrected chi connectivity index (χ2v) is 5.96. The average molecular weight is 300 g/mol. The van der Waals surface area contributed by atoms with Crippen LogP contribution >= 0.6 is 0 Å². The molecule has 0 aromatic carbocycles. The van der Waals surface area contributed by atoms with E-state index < -0.39 is 0 Å². The molecule has 1 aliphatic rings. The Morgan fingerprint density at radius 3 is 3.00 bits per heavy atom. The van der Waals surface area contributed by atoms with Gasteiger partial charge in [0.15, 0.2) is 0 Å². The third-order valence-corrected chi connectivity index (χ3v) is 4.24. The fraction of sp³-hybridized carbons (Fsp3) is 0.533. The number of rotatable bonds is 2. The van der Waals surface area contributed by atoms with E-state index in [4.69, 9.17) is 5.26 Å². The smallest absolute Gasteiger partial charge is 0.252 e. The zero-order valence-corrected chi connectivity index (χ0v) is 13.1. The minimum absolute atomic E-state index is 0.0580. The topological polar surface area (TPSA) is 78.9 Å². The number of hydrogen-bond donors (Lipinski definition) is 1. The first-order valence-corrected chi connectivity index (χ1v) is 7.45. The van der Waals surface area contributed by atoms with Crippen LogP contribution in [0.1, 0.15) is 13.8 Å². The van der Waals surface area contributed by atoms with Gasteiger partial charge in [-0.15, -0.1) is 0 Å². The molecule has 0 bridgehead atoms. The highest BCUT2D eigenvalue weighted by molar-refractivity contribution is 5.88. The largest absolute Gasteiger partial charge is 0.364 e. The maximum absolute atomic E-state index is 12.3. The van der Waals surface area contributed by atoms with E-state index in [1.807, 2.05) is 0 Å². The molecular weight excluding hydrogens is 280 g/mol. The molecule has 1 N–H and O–H groups in total. The van der Waals surface area contributed by atoms with Crippen LogP contribution in [0, 0.1) is 11.3 Å². The fourth-order valence-electron chi connectivity index (χ4n) is 2.97. The summed E-state index contributed by atoms with van der Waals surface area (Å²) < 4.78 is 3.17. The van der Waals surface area contributed by atoms with Crippen LogP contribution < -0.4 is 15.8 Å². The van der Waals surface area contributed by atoms with Crippen molar-refractivity contribution in [1.29, 1.82) is 5.26 Å². The monoisotopic (exact) mass is 300 g/mol. The molecule has 3 heterocycles. The zero-order valence-electron chi connectivity index (χ0n) is 13.1. The van der Waals surface area contributed by atoms with E-state index in [0.29, 0.717) is 6.04 Å². The van der Waals surface area contributed by atoms with Gasteiger partial charge in [-0.25, -0.2) is 0 Å². The number of fused-ring (bicyclic) bond motifs is 1. The SMILES string of the molecule is C[C@@H]1CN(c2cc(=O)n(C)c3cn(CC#N)nc23)[C@@H](C)CN1. The molecule has 0 saturated carbocycles. The Hall–Kier alpha value is -2.33. The van der Waals surface area contributed by atoms with Gasteiger partial charge < -0.3 is 14.8 Å². The molecule has 0 aliphatic carbocycles. The summed E-state index contributed by atoms with van der Waals surface area (Å²) in [6.45, 7) is 6.14. The average Bonchev–Trinajstić information content (AvgIpc) is 2.90. The number of aromatic nitrogens is 3. The van der Waals surface area contributed by atoms with Gasteiger partial charge >= 0.3 is 0 Å². The molecular formula is C15H20N6O. The molecule has 7 heteroatoms. The predicted molar refractivity (Wildman–Crippen MR) is 84.9 cm³/mol. The fourth-order valence-corrected chi connectivity index (χ4v) is 2.97. The number of piperazine rings is 1. The van der Waals surface area contributed by atoms with E-state index >= 15 is 0 Å². The van der Waals surface area contributed by atoms with Gasteiger partial charge in [0.2, 0.25) is 0 Å². The molecule has 116 valence electrons. The molecule has 1 saturated heterocycles. The summed E-state index contributed by atoms with van der Waals surface area (Å²) in [6.07, 6.45) is 1.76. The van der Waals surface area contributed by atoms with Gasteiger partial charge in [0.25, 0.3) is 5.56 Å². The summed E-state index contributed by atoms with van der Waals surface area (Å²) in [4.78, 5) is 14.5. The van der Waals surface area contributed by atoms with Gasteiger partial charge in [0.1, 0.15) is 12.1 Å². The molecule has 0 unspecified atom stereocenters. The molecule has 2 aromatic rings. The summed E-state index contributed by atoms with van der Waals surface area (Å²) in [5, 5.41) is 16.8. The molecule has 22 heavy (non-hydrogen) atoms. The van der Waals surface area contributed by atoms with Gasteiger partial charge in [-0.1, -0.05) is 0 Å². The van der Waals surface area contributed by atoms with E-state index in [2.05, 4.69) is 35.2 Å². The highest BCUT2D eigenvalue weighted by Gasteiger charge is 2.26. The van der Waals surface area contributed by atoms with Crippen LogP contribution in [-0.2, 0) is 13.6 Å². The lowest BCUT2D eigenvalue weighted by Gasteiger charge is -2.39. The maximum Gasteiger partial charge on any atom is 0.252 e. The number of anilines is 1. The van der Waals surface area contributed by atoms with Crippen LogP contribution in [0.15, 0.2) is 17.1 Å². The van der Waals surface area contributed by atoms with Crippen LogP contribution in [0.5, 0.6) is 0 Å². The summed E-state index contributed by atoms with van der Waals surface area (Å²) >= 11 is 0. The summed E-state index contributed by atoms with van der Waals surface area (Å²) in [6, 6.07) is 4.38. The van der Waals surface area contributed by atoms with E-state index in [9.17, 15) is 4.79 Å². The second-order valence-electron chi connectivity index (χ2n) is 5.96. The Bertz CT molecular complexity index is 799. The molecule has 2 atom stereocenters. The number of hydrogen-bond acceptors (Lipinski definition) is 5. The van der Waals surface area contributed by atoms with E-state index in [1.54, 1.807) is 28.6 Å². The molecule has 2 aromatic heterocycles. The zero-order chi connectivity index (χ0) is 15.9. The van der Waals surface area contributed by atoms with Gasteiger partial charge in [0.05, 0.1) is 23.5 Å². The first-order valence-electron chi connectivity index (χ1n) is 7.45. The van der Waals surface area contributed by atoms with Crippen molar-refractivity contribution in [3.05, 3.63) is 22.6 Å². The molecule has 0 amide bonds. The standard InChI is InChI=1S/C15H20N6O/c1-10-8-21(11(2)7-17-10)12-6-14(22)19(3)13-9-20(5-4-16)18-15(12)13/h6,9-11,17H,5,7-8H2,1-3H3/t10-,11+/m1/s1. The number of aryl methyl sites for hydroxylation is 1. The normalized spacial score (nSPS) is 22.0. The number of nitriles is 1. The minimum Gasteiger partial charge on any atom is -0.364 e. The van der Waals surface area contributed by atoms with E-state index in [0.717, 1.165) is 29.8 Å².